The maximum atomic E-state index is 3.05. The fourth-order valence-corrected chi connectivity index (χ4v) is 3.61. The molecular formula is C12H13S. The Morgan fingerprint density at radius 2 is 1.85 bits per heavy atom. The molecule has 0 amide bonds. The Morgan fingerprint density at radius 3 is 2.38 bits per heavy atom. The summed E-state index contributed by atoms with van der Waals surface area (Å²) in [4.78, 5) is 2.93. The van der Waals surface area contributed by atoms with Gasteiger partial charge in [0.1, 0.15) is 0 Å². The number of benzene rings is 1. The number of thiol groups is 1. The fourth-order valence-electron chi connectivity index (χ4n) is 1.56. The molecule has 0 N–H and O–H groups in total. The van der Waals surface area contributed by atoms with Gasteiger partial charge in [-0.1, -0.05) is 18.2 Å². The van der Waals surface area contributed by atoms with Gasteiger partial charge in [0.2, 0.25) is 0 Å². The normalized spacial score (nSPS) is 24.0. The van der Waals surface area contributed by atoms with Crippen LogP contribution >= 0.6 is 10.9 Å². The Hall–Kier alpha value is -0.950. The summed E-state index contributed by atoms with van der Waals surface area (Å²) in [7, 11) is -0.162. The summed E-state index contributed by atoms with van der Waals surface area (Å²) in [6.45, 7) is 4.39. The number of hydrogen-bond acceptors (Lipinski definition) is 0. The van der Waals surface area contributed by atoms with E-state index < -0.39 is 0 Å². The molecule has 2 rings (SSSR count). The van der Waals surface area contributed by atoms with E-state index in [-0.39, 0.29) is 10.9 Å². The third-order valence-corrected chi connectivity index (χ3v) is 4.54. The van der Waals surface area contributed by atoms with E-state index >= 15 is 0 Å². The molecule has 1 aromatic rings. The van der Waals surface area contributed by atoms with Crippen LogP contribution in [-0.4, -0.2) is 0 Å². The lowest BCUT2D eigenvalue weighted by Crippen LogP contribution is -1.77. The van der Waals surface area contributed by atoms with E-state index in [4.69, 9.17) is 0 Å². The van der Waals surface area contributed by atoms with Gasteiger partial charge >= 0.3 is 0 Å². The summed E-state index contributed by atoms with van der Waals surface area (Å²) in [5, 5.41) is 2.38. The molecule has 0 spiro atoms. The standard InChI is InChI=1S/C12H13S/c1-10-8-11(2)13(9-10)12-6-4-3-5-7-12/h4-9,13H,1-2H3. The molecule has 67 valence electrons. The van der Waals surface area contributed by atoms with Gasteiger partial charge in [0.15, 0.2) is 0 Å². The second kappa shape index (κ2) is 3.43. The lowest BCUT2D eigenvalue weighted by molar-refractivity contribution is 1.45. The van der Waals surface area contributed by atoms with Crippen molar-refractivity contribution in [3.8, 4) is 0 Å². The Bertz CT molecular complexity index is 360. The van der Waals surface area contributed by atoms with Crippen LogP contribution in [-0.2, 0) is 0 Å². The Labute approximate surface area is 82.3 Å². The van der Waals surface area contributed by atoms with Crippen LogP contribution in [0.15, 0.2) is 51.1 Å². The zero-order chi connectivity index (χ0) is 9.26. The Balaban J connectivity index is 2.35. The highest BCUT2D eigenvalue weighted by atomic mass is 32.2. The minimum Gasteiger partial charge on any atom is -0.183 e. The molecule has 0 saturated carbocycles. The lowest BCUT2D eigenvalue weighted by atomic mass is 10.3. The van der Waals surface area contributed by atoms with Gasteiger partial charge in [0.25, 0.3) is 0 Å². The van der Waals surface area contributed by atoms with Crippen molar-refractivity contribution in [1.82, 2.24) is 0 Å². The average Bonchev–Trinajstić information content (AvgIpc) is 2.47. The van der Waals surface area contributed by atoms with Gasteiger partial charge in [-0.05, 0) is 52.8 Å². The van der Waals surface area contributed by atoms with Crippen LogP contribution in [0.5, 0.6) is 0 Å². The van der Waals surface area contributed by atoms with Crippen LogP contribution in [0.25, 0.3) is 0 Å². The average molecular weight is 189 g/mol. The van der Waals surface area contributed by atoms with E-state index in [0.717, 1.165) is 0 Å². The smallest absolute Gasteiger partial charge is 0.00525 e. The predicted octanol–water partition coefficient (Wildman–Crippen LogP) is 3.67. The Kier molecular flexibility index (Phi) is 2.28. The fraction of sp³-hybridized carbons (Fsp3) is 0.167. The van der Waals surface area contributed by atoms with Gasteiger partial charge in [-0.3, -0.25) is 0 Å². The van der Waals surface area contributed by atoms with Crippen molar-refractivity contribution >= 4 is 10.9 Å². The highest BCUT2D eigenvalue weighted by Gasteiger charge is 2.10. The Morgan fingerprint density at radius 1 is 1.15 bits per heavy atom. The molecule has 0 nitrogen and oxygen atoms in total. The molecule has 0 aromatic heterocycles. The van der Waals surface area contributed by atoms with Crippen LogP contribution in [0.2, 0.25) is 0 Å². The number of rotatable bonds is 1. The molecule has 0 bridgehead atoms. The second-order valence-corrected chi connectivity index (χ2v) is 5.51. The summed E-state index contributed by atoms with van der Waals surface area (Å²) in [6.07, 6.45) is 2.28. The van der Waals surface area contributed by atoms with Crippen LogP contribution in [0.3, 0.4) is 0 Å². The van der Waals surface area contributed by atoms with Gasteiger partial charge in [-0.25, -0.2) is 0 Å². The summed E-state index contributed by atoms with van der Waals surface area (Å²) < 4.78 is 0. The lowest BCUT2D eigenvalue weighted by Gasteiger charge is -2.14. The number of hydrogen-bond donors (Lipinski definition) is 1. The van der Waals surface area contributed by atoms with Gasteiger partial charge in [0.05, 0.1) is 0 Å². The summed E-state index contributed by atoms with van der Waals surface area (Å²) in [6, 6.07) is 11.4. The molecule has 1 atom stereocenters. The molecule has 1 heterocycles. The molecule has 0 aliphatic carbocycles. The molecular weight excluding hydrogens is 176 g/mol. The van der Waals surface area contributed by atoms with Crippen LogP contribution in [0.4, 0.5) is 0 Å². The van der Waals surface area contributed by atoms with E-state index in [0.29, 0.717) is 0 Å². The van der Waals surface area contributed by atoms with Gasteiger partial charge < -0.3 is 0 Å². The summed E-state index contributed by atoms with van der Waals surface area (Å²) in [5.41, 5.74) is 1.40. The molecule has 1 heteroatoms. The first-order chi connectivity index (χ1) is 6.27. The van der Waals surface area contributed by atoms with Crippen LogP contribution in [0.1, 0.15) is 13.8 Å². The monoisotopic (exact) mass is 189 g/mol. The summed E-state index contributed by atoms with van der Waals surface area (Å²) >= 11 is 0. The first kappa shape index (κ1) is 8.64. The van der Waals surface area contributed by atoms with Crippen molar-refractivity contribution in [1.29, 1.82) is 0 Å². The maximum absolute atomic E-state index is 3.05. The second-order valence-electron chi connectivity index (χ2n) is 3.29. The molecule has 1 aliphatic rings. The molecule has 0 fully saturated rings. The van der Waals surface area contributed by atoms with Crippen LogP contribution in [0, 0.1) is 6.07 Å². The van der Waals surface area contributed by atoms with E-state index in [9.17, 15) is 0 Å². The first-order valence-electron chi connectivity index (χ1n) is 4.39. The summed E-state index contributed by atoms with van der Waals surface area (Å²) in [5.74, 6) is 0. The van der Waals surface area contributed by atoms with E-state index in [1.807, 2.05) is 12.1 Å². The first-order valence-corrected chi connectivity index (χ1v) is 5.80. The van der Waals surface area contributed by atoms with Crippen molar-refractivity contribution in [2.75, 3.05) is 0 Å². The quantitative estimate of drug-likeness (QED) is 0.640. The van der Waals surface area contributed by atoms with Gasteiger partial charge in [-0.15, -0.1) is 0 Å². The van der Waals surface area contributed by atoms with Crippen molar-refractivity contribution in [2.24, 2.45) is 0 Å². The largest absolute Gasteiger partial charge is 0.183 e. The van der Waals surface area contributed by atoms with E-state index in [1.165, 1.54) is 15.4 Å². The molecule has 0 saturated heterocycles. The topological polar surface area (TPSA) is 0 Å². The van der Waals surface area contributed by atoms with Crippen molar-refractivity contribution in [3.63, 3.8) is 0 Å². The highest BCUT2D eigenvalue weighted by molar-refractivity contribution is 8.23. The van der Waals surface area contributed by atoms with Gasteiger partial charge in [0, 0.05) is 0 Å². The van der Waals surface area contributed by atoms with E-state index in [2.05, 4.69) is 43.5 Å². The van der Waals surface area contributed by atoms with Crippen molar-refractivity contribution in [3.05, 3.63) is 52.3 Å². The van der Waals surface area contributed by atoms with Crippen molar-refractivity contribution in [2.45, 2.75) is 18.7 Å². The van der Waals surface area contributed by atoms with E-state index in [1.54, 1.807) is 0 Å². The minimum absolute atomic E-state index is 0.162. The molecule has 1 radical (unpaired) electrons. The highest BCUT2D eigenvalue weighted by Crippen LogP contribution is 2.49. The predicted molar refractivity (Wildman–Crippen MR) is 60.0 cm³/mol. The molecule has 1 aromatic carbocycles. The SMILES string of the molecule is CC1=C[SH](c2cc[c]cc2)C(C)=C1. The third kappa shape index (κ3) is 1.70. The minimum atomic E-state index is -0.162. The van der Waals surface area contributed by atoms with Gasteiger partial charge in [-0.2, -0.15) is 10.9 Å². The number of allylic oxidation sites excluding steroid dienone is 3. The molecule has 13 heavy (non-hydrogen) atoms. The van der Waals surface area contributed by atoms with Crippen LogP contribution < -0.4 is 0 Å². The third-order valence-electron chi connectivity index (χ3n) is 2.13. The zero-order valence-corrected chi connectivity index (χ0v) is 8.81. The molecule has 1 aliphatic heterocycles. The zero-order valence-electron chi connectivity index (χ0n) is 7.91. The van der Waals surface area contributed by atoms with Crippen molar-refractivity contribution < 1.29 is 0 Å². The molecule has 1 unspecified atom stereocenters. The maximum Gasteiger partial charge on any atom is -0.00525 e.